The third-order valence-electron chi connectivity index (χ3n) is 5.98. The van der Waals surface area contributed by atoms with Gasteiger partial charge in [0.25, 0.3) is 11.8 Å². The Bertz CT molecular complexity index is 950. The Morgan fingerprint density at radius 2 is 1.94 bits per heavy atom. The highest BCUT2D eigenvalue weighted by molar-refractivity contribution is 6.07. The van der Waals surface area contributed by atoms with Crippen LogP contribution in [0, 0.1) is 0 Å². The van der Waals surface area contributed by atoms with Gasteiger partial charge in [-0.2, -0.15) is 0 Å². The number of nitrogens with two attached hydrogens (primary N) is 1. The number of hydrogen-bond acceptors (Lipinski definition) is 6. The first kappa shape index (κ1) is 21.1. The summed E-state index contributed by atoms with van der Waals surface area (Å²) in [5.41, 5.74) is 7.88. The molecule has 2 aliphatic rings. The van der Waals surface area contributed by atoms with E-state index in [4.69, 9.17) is 15.2 Å². The molecule has 8 heteroatoms. The topological polar surface area (TPSA) is 107 Å². The molecule has 164 valence electrons. The van der Waals surface area contributed by atoms with Crippen molar-refractivity contribution in [2.75, 3.05) is 37.9 Å². The molecule has 1 aromatic carbocycles. The van der Waals surface area contributed by atoms with E-state index < -0.39 is 0 Å². The monoisotopic (exact) mass is 424 g/mol. The van der Waals surface area contributed by atoms with E-state index >= 15 is 0 Å². The summed E-state index contributed by atoms with van der Waals surface area (Å²) in [6.45, 7) is 2.04. The van der Waals surface area contributed by atoms with Gasteiger partial charge in [-0.15, -0.1) is 0 Å². The van der Waals surface area contributed by atoms with Crippen molar-refractivity contribution in [1.29, 1.82) is 0 Å². The van der Waals surface area contributed by atoms with Crippen LogP contribution in [-0.2, 0) is 9.53 Å². The summed E-state index contributed by atoms with van der Waals surface area (Å²) in [5.74, 6) is 0.748. The van der Waals surface area contributed by atoms with Crippen molar-refractivity contribution < 1.29 is 19.1 Å². The average Bonchev–Trinajstić information content (AvgIpc) is 3.34. The van der Waals surface area contributed by atoms with Gasteiger partial charge in [0.1, 0.15) is 17.7 Å². The van der Waals surface area contributed by atoms with E-state index in [-0.39, 0.29) is 29.7 Å². The number of carbonyl (C=O) groups excluding carboxylic acids is 2. The zero-order valence-electron chi connectivity index (χ0n) is 17.7. The zero-order chi connectivity index (χ0) is 21.8. The summed E-state index contributed by atoms with van der Waals surface area (Å²) >= 11 is 0. The molecule has 0 radical (unpaired) electrons. The number of anilines is 2. The molecule has 1 atom stereocenters. The predicted molar refractivity (Wildman–Crippen MR) is 117 cm³/mol. The van der Waals surface area contributed by atoms with Gasteiger partial charge in [-0.3, -0.25) is 9.59 Å². The van der Waals surface area contributed by atoms with Gasteiger partial charge in [-0.1, -0.05) is 12.1 Å². The van der Waals surface area contributed by atoms with Crippen LogP contribution in [0.1, 0.15) is 47.7 Å². The van der Waals surface area contributed by atoms with Crippen molar-refractivity contribution in [3.8, 4) is 5.75 Å². The Labute approximate surface area is 181 Å². The van der Waals surface area contributed by atoms with Crippen LogP contribution in [0.15, 0.2) is 36.4 Å². The minimum absolute atomic E-state index is 0.104. The molecule has 0 aliphatic carbocycles. The Morgan fingerprint density at radius 1 is 1.16 bits per heavy atom. The van der Waals surface area contributed by atoms with Crippen molar-refractivity contribution >= 4 is 23.3 Å². The molecule has 0 spiro atoms. The van der Waals surface area contributed by atoms with Gasteiger partial charge in [0, 0.05) is 31.3 Å². The summed E-state index contributed by atoms with van der Waals surface area (Å²) in [5, 5.41) is 2.82. The fourth-order valence-corrected chi connectivity index (χ4v) is 4.22. The van der Waals surface area contributed by atoms with Crippen LogP contribution in [0.4, 0.5) is 11.5 Å². The van der Waals surface area contributed by atoms with Gasteiger partial charge >= 0.3 is 0 Å². The highest BCUT2D eigenvalue weighted by Gasteiger charge is 2.31. The molecule has 4 rings (SSSR count). The number of benzene rings is 1. The quantitative estimate of drug-likeness (QED) is 0.764. The van der Waals surface area contributed by atoms with Crippen LogP contribution in [0.5, 0.6) is 5.75 Å². The minimum atomic E-state index is -0.335. The number of nitrogen functional groups attached to an aromatic ring is 1. The second-order valence-corrected chi connectivity index (χ2v) is 7.92. The van der Waals surface area contributed by atoms with Crippen molar-refractivity contribution in [3.63, 3.8) is 0 Å². The van der Waals surface area contributed by atoms with Crippen LogP contribution in [0.25, 0.3) is 0 Å². The second-order valence-electron chi connectivity index (χ2n) is 7.92. The maximum absolute atomic E-state index is 12.7. The molecule has 2 amide bonds. The first-order valence-electron chi connectivity index (χ1n) is 10.7. The molecule has 2 aromatic rings. The summed E-state index contributed by atoms with van der Waals surface area (Å²) in [4.78, 5) is 31.6. The number of nitrogens with one attached hydrogen (secondary N) is 1. The maximum atomic E-state index is 12.7. The lowest BCUT2D eigenvalue weighted by Crippen LogP contribution is -2.43. The maximum Gasteiger partial charge on any atom is 0.259 e. The van der Waals surface area contributed by atoms with Gasteiger partial charge in [-0.25, -0.2) is 4.98 Å². The first-order valence-corrected chi connectivity index (χ1v) is 10.7. The number of rotatable bonds is 5. The van der Waals surface area contributed by atoms with E-state index in [9.17, 15) is 9.59 Å². The van der Waals surface area contributed by atoms with Gasteiger partial charge < -0.3 is 25.4 Å². The largest absolute Gasteiger partial charge is 0.495 e. The van der Waals surface area contributed by atoms with E-state index in [1.165, 1.54) is 0 Å². The Kier molecular flexibility index (Phi) is 6.36. The van der Waals surface area contributed by atoms with Gasteiger partial charge in [0.2, 0.25) is 0 Å². The minimum Gasteiger partial charge on any atom is -0.495 e. The lowest BCUT2D eigenvalue weighted by Gasteiger charge is -2.33. The molecule has 2 aliphatic heterocycles. The fourth-order valence-electron chi connectivity index (χ4n) is 4.22. The summed E-state index contributed by atoms with van der Waals surface area (Å²) in [7, 11) is 1.55. The smallest absolute Gasteiger partial charge is 0.259 e. The van der Waals surface area contributed by atoms with Crippen molar-refractivity contribution in [2.24, 2.45) is 0 Å². The van der Waals surface area contributed by atoms with E-state index in [0.717, 1.165) is 31.4 Å². The molecular formula is C23H28N4O4. The van der Waals surface area contributed by atoms with E-state index in [2.05, 4.69) is 10.3 Å². The number of piperidine rings is 1. The van der Waals surface area contributed by atoms with E-state index in [1.807, 2.05) is 23.1 Å². The van der Waals surface area contributed by atoms with E-state index in [0.29, 0.717) is 36.7 Å². The molecule has 2 saturated heterocycles. The first-order chi connectivity index (χ1) is 15.1. The molecule has 3 heterocycles. The molecular weight excluding hydrogens is 396 g/mol. The number of aromatic nitrogens is 1. The SMILES string of the molecule is COc1ccccc1NC(=O)c1ccc(C2CCN(C(=O)C3CCCO3)CC2)nc1N. The molecule has 0 bridgehead atoms. The average molecular weight is 425 g/mol. The molecule has 2 fully saturated rings. The number of pyridine rings is 1. The second kappa shape index (κ2) is 9.34. The number of hydrogen-bond donors (Lipinski definition) is 2. The van der Waals surface area contributed by atoms with E-state index in [1.54, 1.807) is 25.3 Å². The fraction of sp³-hybridized carbons (Fsp3) is 0.435. The molecule has 8 nitrogen and oxygen atoms in total. The standard InChI is InChI=1S/C23H28N4O4/c1-30-19-6-3-2-5-18(19)26-22(28)16-8-9-17(25-21(16)24)15-10-12-27(13-11-15)23(29)20-7-4-14-31-20/h2-3,5-6,8-9,15,20H,4,7,10-14H2,1H3,(H2,24,25)(H,26,28). The van der Waals surface area contributed by atoms with Gasteiger partial charge in [-0.05, 0) is 49.9 Å². The number of methoxy groups -OCH3 is 1. The Balaban J connectivity index is 1.38. The number of para-hydroxylation sites is 2. The van der Waals surface area contributed by atoms with Crippen LogP contribution < -0.4 is 15.8 Å². The molecule has 1 unspecified atom stereocenters. The molecule has 0 saturated carbocycles. The molecule has 3 N–H and O–H groups in total. The predicted octanol–water partition coefficient (Wildman–Crippen LogP) is 2.81. The van der Waals surface area contributed by atoms with Crippen LogP contribution >= 0.6 is 0 Å². The number of ether oxygens (including phenoxy) is 2. The highest BCUT2D eigenvalue weighted by atomic mass is 16.5. The van der Waals surface area contributed by atoms with Gasteiger partial charge in [0.15, 0.2) is 0 Å². The van der Waals surface area contributed by atoms with Crippen LogP contribution in [0.3, 0.4) is 0 Å². The third kappa shape index (κ3) is 4.64. The Morgan fingerprint density at radius 3 is 2.61 bits per heavy atom. The number of nitrogens with zero attached hydrogens (tertiary/aromatic N) is 2. The highest BCUT2D eigenvalue weighted by Crippen LogP contribution is 2.30. The summed E-state index contributed by atoms with van der Waals surface area (Å²) < 4.78 is 10.8. The number of likely N-dealkylation sites (tertiary alicyclic amines) is 1. The summed E-state index contributed by atoms with van der Waals surface area (Å²) in [6, 6.07) is 10.8. The van der Waals surface area contributed by atoms with Crippen molar-refractivity contribution in [1.82, 2.24) is 9.88 Å². The van der Waals surface area contributed by atoms with Crippen LogP contribution in [0.2, 0.25) is 0 Å². The summed E-state index contributed by atoms with van der Waals surface area (Å²) in [6.07, 6.45) is 3.13. The van der Waals surface area contributed by atoms with Crippen molar-refractivity contribution in [3.05, 3.63) is 47.7 Å². The van der Waals surface area contributed by atoms with Crippen LogP contribution in [-0.4, -0.2) is 54.6 Å². The number of amides is 2. The molecule has 31 heavy (non-hydrogen) atoms. The molecule has 1 aromatic heterocycles. The third-order valence-corrected chi connectivity index (χ3v) is 5.98. The zero-order valence-corrected chi connectivity index (χ0v) is 17.7. The Hall–Kier alpha value is -3.13. The van der Waals surface area contributed by atoms with Gasteiger partial charge in [0.05, 0.1) is 18.4 Å². The normalized spacial score (nSPS) is 19.3. The number of carbonyl (C=O) groups is 2. The lowest BCUT2D eigenvalue weighted by atomic mass is 9.92. The lowest BCUT2D eigenvalue weighted by molar-refractivity contribution is -0.142. The van der Waals surface area contributed by atoms with Crippen molar-refractivity contribution in [2.45, 2.75) is 37.7 Å².